The minimum Gasteiger partial charge on any atom is -0.353 e. The van der Waals surface area contributed by atoms with E-state index < -0.39 is 0 Å². The van der Waals surface area contributed by atoms with Crippen molar-refractivity contribution in [3.8, 4) is 0 Å². The summed E-state index contributed by atoms with van der Waals surface area (Å²) in [6.07, 6.45) is 3.49. The fraction of sp³-hybridized carbons (Fsp3) is 0.636. The minimum absolute atomic E-state index is 0. The third kappa shape index (κ3) is 5.42. The lowest BCUT2D eigenvalue weighted by Gasteiger charge is -2.36. The van der Waals surface area contributed by atoms with Gasteiger partial charge in [-0.2, -0.15) is 0 Å². The van der Waals surface area contributed by atoms with Crippen LogP contribution >= 0.6 is 24.0 Å². The molecule has 2 unspecified atom stereocenters. The standard InChI is InChI=1S/C22H33N5O.HI/c1-17-7-3-4-8-18(17)19-15-20(19)24-22(23-2)27-13-11-25(12-14-27)16-21(28)26-9-5-6-10-26;/h3-4,7-8,19-20H,5-6,9-16H2,1-2H3,(H,23,24);1H. The number of guanidine groups is 1. The lowest BCUT2D eigenvalue weighted by Crippen LogP contribution is -2.54. The van der Waals surface area contributed by atoms with Crippen LogP contribution in [0.4, 0.5) is 0 Å². The van der Waals surface area contributed by atoms with Crippen LogP contribution in [0.3, 0.4) is 0 Å². The molecule has 4 rings (SSSR count). The van der Waals surface area contributed by atoms with Gasteiger partial charge in [0.1, 0.15) is 0 Å². The number of nitrogens with zero attached hydrogens (tertiary/aromatic N) is 4. The molecule has 3 aliphatic rings. The van der Waals surface area contributed by atoms with Crippen LogP contribution in [0.25, 0.3) is 0 Å². The summed E-state index contributed by atoms with van der Waals surface area (Å²) in [5, 5.41) is 3.67. The van der Waals surface area contributed by atoms with Crippen LogP contribution < -0.4 is 5.32 Å². The molecule has 1 N–H and O–H groups in total. The summed E-state index contributed by atoms with van der Waals surface area (Å²) in [6, 6.07) is 9.17. The number of nitrogens with one attached hydrogen (secondary N) is 1. The van der Waals surface area contributed by atoms with E-state index in [4.69, 9.17) is 0 Å². The molecule has 6 nitrogen and oxygen atoms in total. The molecular weight excluding hydrogens is 477 g/mol. The maximum absolute atomic E-state index is 12.4. The Bertz CT molecular complexity index is 726. The molecule has 2 aliphatic heterocycles. The monoisotopic (exact) mass is 511 g/mol. The lowest BCUT2D eigenvalue weighted by molar-refractivity contribution is -0.131. The van der Waals surface area contributed by atoms with E-state index in [1.807, 2.05) is 11.9 Å². The topological polar surface area (TPSA) is 51.2 Å². The van der Waals surface area contributed by atoms with E-state index in [9.17, 15) is 4.79 Å². The zero-order valence-corrected chi connectivity index (χ0v) is 20.0. The fourth-order valence-corrected chi connectivity index (χ4v) is 4.54. The quantitative estimate of drug-likeness (QED) is 0.383. The maximum Gasteiger partial charge on any atom is 0.236 e. The van der Waals surface area contributed by atoms with Gasteiger partial charge in [-0.1, -0.05) is 24.3 Å². The lowest BCUT2D eigenvalue weighted by atomic mass is 10.0. The van der Waals surface area contributed by atoms with Gasteiger partial charge in [0, 0.05) is 58.3 Å². The van der Waals surface area contributed by atoms with Crippen LogP contribution in [-0.4, -0.2) is 85.5 Å². The molecule has 0 aromatic heterocycles. The van der Waals surface area contributed by atoms with Gasteiger partial charge in [0.05, 0.1) is 6.54 Å². The molecule has 0 spiro atoms. The Balaban J connectivity index is 0.00000240. The zero-order valence-electron chi connectivity index (χ0n) is 17.6. The average Bonchev–Trinajstić information content (AvgIpc) is 3.24. The Morgan fingerprint density at radius 3 is 2.41 bits per heavy atom. The molecule has 1 aliphatic carbocycles. The number of piperazine rings is 1. The van der Waals surface area contributed by atoms with Crippen LogP contribution in [0.2, 0.25) is 0 Å². The molecule has 7 heteroatoms. The van der Waals surface area contributed by atoms with Crippen molar-refractivity contribution in [2.24, 2.45) is 4.99 Å². The van der Waals surface area contributed by atoms with Gasteiger partial charge in [-0.3, -0.25) is 14.7 Å². The van der Waals surface area contributed by atoms with Gasteiger partial charge < -0.3 is 15.1 Å². The molecule has 160 valence electrons. The third-order valence-corrected chi connectivity index (χ3v) is 6.39. The number of rotatable bonds is 4. The number of aryl methyl sites for hydroxylation is 1. The first kappa shape index (κ1) is 22.3. The molecule has 2 atom stereocenters. The predicted molar refractivity (Wildman–Crippen MR) is 128 cm³/mol. The van der Waals surface area contributed by atoms with Crippen molar-refractivity contribution < 1.29 is 4.79 Å². The summed E-state index contributed by atoms with van der Waals surface area (Å²) in [7, 11) is 1.87. The van der Waals surface area contributed by atoms with E-state index in [1.165, 1.54) is 17.5 Å². The number of carbonyl (C=O) groups is 1. The van der Waals surface area contributed by atoms with Gasteiger partial charge in [-0.05, 0) is 37.3 Å². The van der Waals surface area contributed by atoms with Crippen LogP contribution in [-0.2, 0) is 4.79 Å². The molecule has 1 aromatic rings. The first-order chi connectivity index (χ1) is 13.7. The van der Waals surface area contributed by atoms with Crippen LogP contribution in [0.15, 0.2) is 29.3 Å². The van der Waals surface area contributed by atoms with Gasteiger partial charge in [0.25, 0.3) is 0 Å². The van der Waals surface area contributed by atoms with E-state index >= 15 is 0 Å². The van der Waals surface area contributed by atoms with Gasteiger partial charge >= 0.3 is 0 Å². The molecule has 29 heavy (non-hydrogen) atoms. The summed E-state index contributed by atoms with van der Waals surface area (Å²) >= 11 is 0. The zero-order chi connectivity index (χ0) is 19.5. The number of benzene rings is 1. The van der Waals surface area contributed by atoms with E-state index in [0.29, 0.717) is 24.4 Å². The number of halogens is 1. The van der Waals surface area contributed by atoms with Crippen molar-refractivity contribution in [3.63, 3.8) is 0 Å². The summed E-state index contributed by atoms with van der Waals surface area (Å²) in [5.74, 6) is 1.90. The molecule has 3 fully saturated rings. The van der Waals surface area contributed by atoms with Gasteiger partial charge in [-0.25, -0.2) is 0 Å². The van der Waals surface area contributed by atoms with E-state index in [2.05, 4.69) is 51.3 Å². The number of likely N-dealkylation sites (tertiary alicyclic amines) is 1. The highest BCUT2D eigenvalue weighted by Gasteiger charge is 2.40. The first-order valence-electron chi connectivity index (χ1n) is 10.7. The number of carbonyl (C=O) groups excluding carboxylic acids is 1. The van der Waals surface area contributed by atoms with Crippen molar-refractivity contribution in [1.29, 1.82) is 0 Å². The van der Waals surface area contributed by atoms with Crippen molar-refractivity contribution in [3.05, 3.63) is 35.4 Å². The average molecular weight is 511 g/mol. The van der Waals surface area contributed by atoms with E-state index in [-0.39, 0.29) is 24.0 Å². The van der Waals surface area contributed by atoms with E-state index in [1.54, 1.807) is 0 Å². The SMILES string of the molecule is CN=C(NC1CC1c1ccccc1C)N1CCN(CC(=O)N2CCCC2)CC1.I. The molecular formula is C22H34IN5O. The number of hydrogen-bond donors (Lipinski definition) is 1. The van der Waals surface area contributed by atoms with E-state index in [0.717, 1.165) is 58.1 Å². The highest BCUT2D eigenvalue weighted by Crippen LogP contribution is 2.42. The maximum atomic E-state index is 12.4. The molecule has 1 amide bonds. The van der Waals surface area contributed by atoms with Gasteiger partial charge in [-0.15, -0.1) is 24.0 Å². The van der Waals surface area contributed by atoms with Gasteiger partial charge in [0.15, 0.2) is 5.96 Å². The third-order valence-electron chi connectivity index (χ3n) is 6.39. The van der Waals surface area contributed by atoms with Crippen LogP contribution in [0, 0.1) is 6.92 Å². The molecule has 1 saturated carbocycles. The largest absolute Gasteiger partial charge is 0.353 e. The normalized spacial score (nSPS) is 25.0. The number of aliphatic imine (C=N–C) groups is 1. The minimum atomic E-state index is 0. The van der Waals surface area contributed by atoms with Crippen molar-refractivity contribution in [2.45, 2.75) is 38.1 Å². The summed E-state index contributed by atoms with van der Waals surface area (Å²) in [4.78, 5) is 23.5. The predicted octanol–water partition coefficient (Wildman–Crippen LogP) is 2.28. The summed E-state index contributed by atoms with van der Waals surface area (Å²) in [5.41, 5.74) is 2.84. The molecule has 1 aromatic carbocycles. The molecule has 0 bridgehead atoms. The second-order valence-electron chi connectivity index (χ2n) is 8.35. The Kier molecular flexibility index (Phi) is 7.79. The number of amides is 1. The Hall–Kier alpha value is -1.35. The molecule has 0 radical (unpaired) electrons. The number of hydrogen-bond acceptors (Lipinski definition) is 3. The highest BCUT2D eigenvalue weighted by molar-refractivity contribution is 14.0. The van der Waals surface area contributed by atoms with Crippen molar-refractivity contribution in [1.82, 2.24) is 20.0 Å². The second kappa shape index (κ2) is 10.1. The van der Waals surface area contributed by atoms with Crippen molar-refractivity contribution in [2.75, 3.05) is 52.9 Å². The molecule has 2 saturated heterocycles. The summed E-state index contributed by atoms with van der Waals surface area (Å²) in [6.45, 7) is 8.35. The second-order valence-corrected chi connectivity index (χ2v) is 8.35. The smallest absolute Gasteiger partial charge is 0.236 e. The Morgan fingerprint density at radius 2 is 1.76 bits per heavy atom. The van der Waals surface area contributed by atoms with Crippen LogP contribution in [0.5, 0.6) is 0 Å². The Labute approximate surface area is 191 Å². The summed E-state index contributed by atoms with van der Waals surface area (Å²) < 4.78 is 0. The van der Waals surface area contributed by atoms with Crippen LogP contribution in [0.1, 0.15) is 36.3 Å². The Morgan fingerprint density at radius 1 is 1.07 bits per heavy atom. The first-order valence-corrected chi connectivity index (χ1v) is 10.7. The molecule has 2 heterocycles. The van der Waals surface area contributed by atoms with Crippen molar-refractivity contribution >= 4 is 35.8 Å². The highest BCUT2D eigenvalue weighted by atomic mass is 127. The van der Waals surface area contributed by atoms with Gasteiger partial charge in [0.2, 0.25) is 5.91 Å². The fourth-order valence-electron chi connectivity index (χ4n) is 4.54.